The van der Waals surface area contributed by atoms with Crippen LogP contribution in [-0.2, 0) is 6.54 Å². The summed E-state index contributed by atoms with van der Waals surface area (Å²) in [7, 11) is 0. The summed E-state index contributed by atoms with van der Waals surface area (Å²) < 4.78 is 18.8. The van der Waals surface area contributed by atoms with Crippen molar-refractivity contribution >= 4 is 15.9 Å². The summed E-state index contributed by atoms with van der Waals surface area (Å²) in [5.41, 5.74) is 1.02. The summed E-state index contributed by atoms with van der Waals surface area (Å²) in [4.78, 5) is 0. The Kier molecular flexibility index (Phi) is 3.97. The van der Waals surface area contributed by atoms with Crippen LogP contribution in [0.3, 0.4) is 0 Å². The number of halogens is 2. The minimum Gasteiger partial charge on any atom is -0.468 e. The number of benzene rings is 1. The summed E-state index contributed by atoms with van der Waals surface area (Å²) in [5, 5.41) is 3.31. The van der Waals surface area contributed by atoms with E-state index in [2.05, 4.69) is 21.2 Å². The highest BCUT2D eigenvalue weighted by atomic mass is 79.9. The van der Waals surface area contributed by atoms with Crippen molar-refractivity contribution < 1.29 is 8.81 Å². The van der Waals surface area contributed by atoms with Gasteiger partial charge in [-0.2, -0.15) is 0 Å². The second-order valence-corrected chi connectivity index (χ2v) is 4.72. The Labute approximate surface area is 108 Å². The SMILES string of the molecule is CC(NCc1ccc(F)c(Br)c1)c1ccco1. The van der Waals surface area contributed by atoms with Gasteiger partial charge in [-0.15, -0.1) is 0 Å². The third kappa shape index (κ3) is 3.17. The van der Waals surface area contributed by atoms with Crippen molar-refractivity contribution in [1.29, 1.82) is 0 Å². The van der Waals surface area contributed by atoms with Crippen molar-refractivity contribution in [2.45, 2.75) is 19.5 Å². The van der Waals surface area contributed by atoms with E-state index in [1.807, 2.05) is 19.1 Å². The first-order chi connectivity index (χ1) is 8.16. The lowest BCUT2D eigenvalue weighted by atomic mass is 10.2. The molecule has 17 heavy (non-hydrogen) atoms. The summed E-state index contributed by atoms with van der Waals surface area (Å²) in [6, 6.07) is 8.92. The van der Waals surface area contributed by atoms with Gasteiger partial charge >= 0.3 is 0 Å². The molecule has 0 spiro atoms. The topological polar surface area (TPSA) is 25.2 Å². The summed E-state index contributed by atoms with van der Waals surface area (Å²) in [5.74, 6) is 0.652. The standard InChI is InChI=1S/C13H13BrFNO/c1-9(13-3-2-6-17-13)16-8-10-4-5-12(15)11(14)7-10/h2-7,9,16H,8H2,1H3. The number of hydrogen-bond acceptors (Lipinski definition) is 2. The van der Waals surface area contributed by atoms with Gasteiger partial charge in [-0.3, -0.25) is 0 Å². The molecule has 0 saturated carbocycles. The summed E-state index contributed by atoms with van der Waals surface area (Å²) in [6.07, 6.45) is 1.65. The van der Waals surface area contributed by atoms with E-state index in [1.54, 1.807) is 18.4 Å². The Bertz CT molecular complexity index is 484. The lowest BCUT2D eigenvalue weighted by Gasteiger charge is -2.11. The highest BCUT2D eigenvalue weighted by molar-refractivity contribution is 9.10. The Balaban J connectivity index is 1.96. The quantitative estimate of drug-likeness (QED) is 0.922. The molecule has 1 unspecified atom stereocenters. The fourth-order valence-electron chi connectivity index (χ4n) is 1.56. The molecule has 0 bridgehead atoms. The van der Waals surface area contributed by atoms with Crippen molar-refractivity contribution in [3.05, 3.63) is 58.2 Å². The average molecular weight is 298 g/mol. The highest BCUT2D eigenvalue weighted by Gasteiger charge is 2.07. The van der Waals surface area contributed by atoms with Gasteiger partial charge in [0.05, 0.1) is 16.8 Å². The molecular formula is C13H13BrFNO. The predicted octanol–water partition coefficient (Wildman–Crippen LogP) is 4.03. The highest BCUT2D eigenvalue weighted by Crippen LogP contribution is 2.18. The molecule has 2 rings (SSSR count). The first-order valence-electron chi connectivity index (χ1n) is 5.37. The van der Waals surface area contributed by atoms with Crippen molar-refractivity contribution in [1.82, 2.24) is 5.32 Å². The molecule has 1 heterocycles. The van der Waals surface area contributed by atoms with Crippen LogP contribution in [0.2, 0.25) is 0 Å². The first kappa shape index (κ1) is 12.3. The molecule has 2 aromatic rings. The molecule has 1 aromatic heterocycles. The monoisotopic (exact) mass is 297 g/mol. The lowest BCUT2D eigenvalue weighted by Crippen LogP contribution is -2.17. The average Bonchev–Trinajstić information content (AvgIpc) is 2.84. The minimum absolute atomic E-state index is 0.133. The minimum atomic E-state index is -0.243. The molecule has 0 saturated heterocycles. The van der Waals surface area contributed by atoms with E-state index in [1.165, 1.54) is 6.07 Å². The zero-order valence-electron chi connectivity index (χ0n) is 9.41. The normalized spacial score (nSPS) is 12.6. The van der Waals surface area contributed by atoms with E-state index < -0.39 is 0 Å². The van der Waals surface area contributed by atoms with E-state index in [-0.39, 0.29) is 11.9 Å². The van der Waals surface area contributed by atoms with E-state index in [0.29, 0.717) is 11.0 Å². The molecule has 1 atom stereocenters. The van der Waals surface area contributed by atoms with Crippen LogP contribution < -0.4 is 5.32 Å². The molecular weight excluding hydrogens is 285 g/mol. The first-order valence-corrected chi connectivity index (χ1v) is 6.17. The van der Waals surface area contributed by atoms with Gasteiger partial charge in [0, 0.05) is 6.54 Å². The van der Waals surface area contributed by atoms with Gasteiger partial charge in [0.1, 0.15) is 11.6 Å². The third-order valence-electron chi connectivity index (χ3n) is 2.57. The molecule has 0 amide bonds. The molecule has 2 nitrogen and oxygen atoms in total. The van der Waals surface area contributed by atoms with E-state index >= 15 is 0 Å². The summed E-state index contributed by atoms with van der Waals surface area (Å²) in [6.45, 7) is 2.69. The number of furan rings is 1. The molecule has 90 valence electrons. The number of hydrogen-bond donors (Lipinski definition) is 1. The van der Waals surface area contributed by atoms with Gasteiger partial charge in [0.15, 0.2) is 0 Å². The predicted molar refractivity (Wildman–Crippen MR) is 68.1 cm³/mol. The van der Waals surface area contributed by atoms with Crippen LogP contribution in [0.1, 0.15) is 24.3 Å². The van der Waals surface area contributed by atoms with Gasteiger partial charge in [-0.1, -0.05) is 6.07 Å². The molecule has 0 aliphatic heterocycles. The molecule has 0 fully saturated rings. The van der Waals surface area contributed by atoms with Crippen LogP contribution >= 0.6 is 15.9 Å². The van der Waals surface area contributed by atoms with Gasteiger partial charge < -0.3 is 9.73 Å². The van der Waals surface area contributed by atoms with Crippen LogP contribution in [0.5, 0.6) is 0 Å². The van der Waals surface area contributed by atoms with Crippen LogP contribution in [0, 0.1) is 5.82 Å². The van der Waals surface area contributed by atoms with Gasteiger partial charge in [-0.05, 0) is 52.7 Å². The lowest BCUT2D eigenvalue weighted by molar-refractivity contribution is 0.430. The molecule has 0 aliphatic rings. The molecule has 0 radical (unpaired) electrons. The van der Waals surface area contributed by atoms with Crippen LogP contribution in [0.4, 0.5) is 4.39 Å². The second-order valence-electron chi connectivity index (χ2n) is 3.87. The van der Waals surface area contributed by atoms with Crippen molar-refractivity contribution in [2.75, 3.05) is 0 Å². The maximum absolute atomic E-state index is 13.0. The van der Waals surface area contributed by atoms with Crippen LogP contribution in [0.25, 0.3) is 0 Å². The maximum atomic E-state index is 13.0. The third-order valence-corrected chi connectivity index (χ3v) is 3.17. The fourth-order valence-corrected chi connectivity index (χ4v) is 1.98. The van der Waals surface area contributed by atoms with Crippen molar-refractivity contribution in [3.63, 3.8) is 0 Å². The van der Waals surface area contributed by atoms with E-state index in [9.17, 15) is 4.39 Å². The maximum Gasteiger partial charge on any atom is 0.137 e. The zero-order chi connectivity index (χ0) is 12.3. The van der Waals surface area contributed by atoms with Crippen molar-refractivity contribution in [3.8, 4) is 0 Å². The van der Waals surface area contributed by atoms with Crippen LogP contribution in [-0.4, -0.2) is 0 Å². The fraction of sp³-hybridized carbons (Fsp3) is 0.231. The summed E-state index contributed by atoms with van der Waals surface area (Å²) >= 11 is 3.17. The Morgan fingerprint density at radius 3 is 2.88 bits per heavy atom. The Morgan fingerprint density at radius 2 is 2.24 bits per heavy atom. The molecule has 4 heteroatoms. The van der Waals surface area contributed by atoms with Crippen LogP contribution in [0.15, 0.2) is 45.5 Å². The smallest absolute Gasteiger partial charge is 0.137 e. The molecule has 1 N–H and O–H groups in total. The largest absolute Gasteiger partial charge is 0.468 e. The number of rotatable bonds is 4. The number of nitrogens with one attached hydrogen (secondary N) is 1. The van der Waals surface area contributed by atoms with Gasteiger partial charge in [0.25, 0.3) is 0 Å². The van der Waals surface area contributed by atoms with Gasteiger partial charge in [-0.25, -0.2) is 4.39 Å². The zero-order valence-corrected chi connectivity index (χ0v) is 11.0. The molecule has 0 aliphatic carbocycles. The Morgan fingerprint density at radius 1 is 1.41 bits per heavy atom. The Hall–Kier alpha value is -1.13. The van der Waals surface area contributed by atoms with E-state index in [0.717, 1.165) is 11.3 Å². The van der Waals surface area contributed by atoms with Gasteiger partial charge in [0.2, 0.25) is 0 Å². The molecule has 1 aromatic carbocycles. The second kappa shape index (κ2) is 5.47. The van der Waals surface area contributed by atoms with E-state index in [4.69, 9.17) is 4.42 Å². The van der Waals surface area contributed by atoms with Crippen molar-refractivity contribution in [2.24, 2.45) is 0 Å².